The smallest absolute Gasteiger partial charge is 0.278 e. The molecule has 0 saturated carbocycles. The molecule has 1 aromatic heterocycles. The van der Waals surface area contributed by atoms with Crippen LogP contribution in [0.25, 0.3) is 11.1 Å². The average Bonchev–Trinajstić information content (AvgIpc) is 2.68. The number of aryl methyl sites for hydroxylation is 2. The van der Waals surface area contributed by atoms with Crippen LogP contribution in [0.3, 0.4) is 0 Å². The molecule has 0 aliphatic heterocycles. The van der Waals surface area contributed by atoms with Gasteiger partial charge < -0.3 is 12.5 Å². The topological polar surface area (TPSA) is 55.1 Å². The molecule has 0 aliphatic carbocycles. The summed E-state index contributed by atoms with van der Waals surface area (Å²) in [6.07, 6.45) is 0.521. The minimum atomic E-state index is -0.330. The third-order valence-corrected chi connectivity index (χ3v) is 4.60. The molecule has 0 bridgehead atoms. The van der Waals surface area contributed by atoms with Gasteiger partial charge in [0.15, 0.2) is 5.75 Å². The normalized spacial score (nSPS) is 9.55. The summed E-state index contributed by atoms with van der Waals surface area (Å²) in [4.78, 5) is 13.0. The maximum Gasteiger partial charge on any atom is 0.278 e. The number of hydrogen-bond donors (Lipinski definition) is 1. The zero-order valence-corrected chi connectivity index (χ0v) is 21.3. The fourth-order valence-corrected chi connectivity index (χ4v) is 3.04. The van der Waals surface area contributed by atoms with Gasteiger partial charge in [-0.1, -0.05) is 74.8 Å². The molecule has 1 radical (unpaired) electrons. The Morgan fingerprint density at radius 3 is 2.24 bits per heavy atom. The van der Waals surface area contributed by atoms with Crippen LogP contribution in [-0.2, 0) is 45.7 Å². The van der Waals surface area contributed by atoms with Gasteiger partial charge in [-0.25, -0.2) is 4.68 Å². The molecule has 0 aliphatic rings. The van der Waals surface area contributed by atoms with Crippen molar-refractivity contribution in [2.45, 2.75) is 40.7 Å². The first-order valence-electron chi connectivity index (χ1n) is 9.15. The van der Waals surface area contributed by atoms with Gasteiger partial charge in [-0.15, -0.1) is 0 Å². The summed E-state index contributed by atoms with van der Waals surface area (Å²) >= 11 is 6.22. The summed E-state index contributed by atoms with van der Waals surface area (Å²) in [5, 5.41) is 15.5. The molecule has 1 N–H and O–H groups in total. The Kier molecular flexibility index (Phi) is 12.3. The van der Waals surface area contributed by atoms with E-state index in [0.717, 1.165) is 16.7 Å². The van der Waals surface area contributed by atoms with Crippen molar-refractivity contribution in [3.8, 4) is 16.9 Å². The van der Waals surface area contributed by atoms with E-state index in [4.69, 9.17) is 11.6 Å². The van der Waals surface area contributed by atoms with Gasteiger partial charge >= 0.3 is 0 Å². The minimum absolute atomic E-state index is 0. The molecule has 1 heterocycles. The van der Waals surface area contributed by atoms with Crippen LogP contribution in [0.5, 0.6) is 5.75 Å². The first-order chi connectivity index (χ1) is 13.0. The number of nitrogens with zero attached hydrogens (tertiary/aromatic N) is 2. The van der Waals surface area contributed by atoms with E-state index in [2.05, 4.69) is 5.10 Å². The molecule has 2 aromatic carbocycles. The van der Waals surface area contributed by atoms with Crippen LogP contribution >= 0.6 is 11.6 Å². The van der Waals surface area contributed by atoms with E-state index in [-0.39, 0.29) is 63.6 Å². The van der Waals surface area contributed by atoms with E-state index in [1.54, 1.807) is 6.07 Å². The summed E-state index contributed by atoms with van der Waals surface area (Å²) in [6.45, 7) is 8.07. The first-order valence-corrected chi connectivity index (χ1v) is 9.53. The molecule has 0 atom stereocenters. The van der Waals surface area contributed by atoms with Crippen LogP contribution in [-0.4, -0.2) is 14.9 Å². The van der Waals surface area contributed by atoms with Crippen LogP contribution in [0.15, 0.2) is 53.3 Å². The Hall–Kier alpha value is -1.49. The van der Waals surface area contributed by atoms with Gasteiger partial charge in [0.1, 0.15) is 5.69 Å². The van der Waals surface area contributed by atoms with Crippen LogP contribution in [0.4, 0.5) is 0 Å². The van der Waals surface area contributed by atoms with Crippen molar-refractivity contribution >= 4 is 11.6 Å². The zero-order valence-electron chi connectivity index (χ0n) is 17.7. The van der Waals surface area contributed by atoms with Gasteiger partial charge in [0.05, 0.1) is 12.1 Å². The Labute approximate surface area is 203 Å². The third kappa shape index (κ3) is 6.24. The fraction of sp³-hybridized carbons (Fsp3) is 0.261. The number of rotatable bonds is 4. The Morgan fingerprint density at radius 2 is 1.66 bits per heavy atom. The maximum absolute atomic E-state index is 13.0. The molecule has 0 fully saturated rings. The first kappa shape index (κ1) is 27.5. The number of aromatic nitrogens is 2. The molecule has 153 valence electrons. The molecule has 4 nitrogen and oxygen atoms in total. The van der Waals surface area contributed by atoms with Crippen LogP contribution in [0, 0.1) is 14.4 Å². The summed E-state index contributed by atoms with van der Waals surface area (Å²) < 4.78 is 1.38. The quantitative estimate of drug-likeness (QED) is 0.482. The van der Waals surface area contributed by atoms with Gasteiger partial charge in [0.2, 0.25) is 0 Å². The van der Waals surface area contributed by atoms with E-state index >= 15 is 0 Å². The molecule has 0 unspecified atom stereocenters. The predicted octanol–water partition coefficient (Wildman–Crippen LogP) is 5.66. The Morgan fingerprint density at radius 1 is 1.07 bits per heavy atom. The standard InChI is InChI=1S/C20H19ClN2O2.C2H6.CH3.Y/c1-3-17-19(24)18(15-10-6-4-8-13(15)2)20(25)23(22-17)12-14-9-5-7-11-16(14)21;1-2;;/h4-11,24H,3,12H2,1-2H3;1-2H3;1H3;/q;;-1;. The van der Waals surface area contributed by atoms with E-state index in [9.17, 15) is 9.90 Å². The van der Waals surface area contributed by atoms with E-state index in [0.29, 0.717) is 17.1 Å². The molecular formula is C23H28ClN2O2Y-. The largest absolute Gasteiger partial charge is 0.505 e. The second-order valence-electron chi connectivity index (χ2n) is 5.89. The summed E-state index contributed by atoms with van der Waals surface area (Å²) in [5.74, 6) is -0.0443. The van der Waals surface area contributed by atoms with Crippen molar-refractivity contribution in [3.63, 3.8) is 0 Å². The van der Waals surface area contributed by atoms with Crippen LogP contribution in [0.1, 0.15) is 37.6 Å². The third-order valence-electron chi connectivity index (χ3n) is 4.23. The summed E-state index contributed by atoms with van der Waals surface area (Å²) in [6, 6.07) is 14.9. The molecule has 3 rings (SSSR count). The SMILES string of the molecule is CC.CCc1nn(Cc2ccccc2Cl)c(=O)c(-c2ccccc2C)c1O.[CH3-].[Y]. The number of aromatic hydroxyl groups is 1. The Bertz CT molecular complexity index is 987. The molecule has 3 aromatic rings. The number of hydrogen-bond acceptors (Lipinski definition) is 3. The van der Waals surface area contributed by atoms with Gasteiger partial charge in [-0.3, -0.25) is 4.79 Å². The number of benzene rings is 2. The van der Waals surface area contributed by atoms with Crippen molar-refractivity contribution in [2.75, 3.05) is 0 Å². The molecule has 29 heavy (non-hydrogen) atoms. The van der Waals surface area contributed by atoms with Gasteiger partial charge in [-0.2, -0.15) is 5.10 Å². The van der Waals surface area contributed by atoms with Crippen molar-refractivity contribution in [1.82, 2.24) is 9.78 Å². The van der Waals surface area contributed by atoms with Gasteiger partial charge in [0, 0.05) is 37.7 Å². The summed E-state index contributed by atoms with van der Waals surface area (Å²) in [5.41, 5.74) is 2.90. The zero-order chi connectivity index (χ0) is 20.0. The van der Waals surface area contributed by atoms with Crippen molar-refractivity contribution in [1.29, 1.82) is 0 Å². The van der Waals surface area contributed by atoms with E-state index < -0.39 is 0 Å². The molecule has 6 heteroatoms. The predicted molar refractivity (Wildman–Crippen MR) is 118 cm³/mol. The van der Waals surface area contributed by atoms with E-state index in [1.165, 1.54) is 4.68 Å². The minimum Gasteiger partial charge on any atom is -0.505 e. The second-order valence-corrected chi connectivity index (χ2v) is 6.30. The second kappa shape index (κ2) is 12.9. The fourth-order valence-electron chi connectivity index (χ4n) is 2.84. The van der Waals surface area contributed by atoms with E-state index in [1.807, 2.05) is 70.2 Å². The van der Waals surface area contributed by atoms with Crippen LogP contribution in [0.2, 0.25) is 5.02 Å². The number of halogens is 1. The Balaban J connectivity index is 0.00000190. The molecular weight excluding hydrogens is 461 g/mol. The van der Waals surface area contributed by atoms with Gasteiger partial charge in [-0.05, 0) is 36.1 Å². The monoisotopic (exact) mass is 488 g/mol. The van der Waals surface area contributed by atoms with Crippen LogP contribution < -0.4 is 5.56 Å². The average molecular weight is 489 g/mol. The molecule has 0 spiro atoms. The maximum atomic E-state index is 13.0. The van der Waals surface area contributed by atoms with Gasteiger partial charge in [0.25, 0.3) is 5.56 Å². The summed E-state index contributed by atoms with van der Waals surface area (Å²) in [7, 11) is 0. The van der Waals surface area contributed by atoms with Crippen molar-refractivity contribution < 1.29 is 37.8 Å². The molecule has 0 amide bonds. The van der Waals surface area contributed by atoms with Crippen molar-refractivity contribution in [2.24, 2.45) is 0 Å². The van der Waals surface area contributed by atoms with Crippen molar-refractivity contribution in [3.05, 3.63) is 88.2 Å². The molecule has 0 saturated heterocycles.